The highest BCUT2D eigenvalue weighted by Gasteiger charge is 2.40. The van der Waals surface area contributed by atoms with E-state index in [0.717, 1.165) is 67.8 Å². The number of sulfone groups is 1. The van der Waals surface area contributed by atoms with Crippen molar-refractivity contribution in [2.75, 3.05) is 56.8 Å². The number of rotatable bonds is 8. The van der Waals surface area contributed by atoms with E-state index in [1.165, 1.54) is 19.2 Å². The van der Waals surface area contributed by atoms with Crippen LogP contribution in [0.5, 0.6) is 5.75 Å². The molecule has 0 unspecified atom stereocenters. The first-order chi connectivity index (χ1) is 22.9. The lowest BCUT2D eigenvalue weighted by Gasteiger charge is -2.28. The number of fused-ring (bicyclic) bond motifs is 1. The average molecular weight is 681 g/mol. The van der Waals surface area contributed by atoms with Crippen molar-refractivity contribution in [1.29, 1.82) is 0 Å². The van der Waals surface area contributed by atoms with Crippen LogP contribution >= 0.6 is 0 Å². The van der Waals surface area contributed by atoms with Gasteiger partial charge >= 0.3 is 6.18 Å². The Morgan fingerprint density at radius 1 is 1.04 bits per heavy atom. The Bertz CT molecular complexity index is 1990. The minimum atomic E-state index is -4.46. The van der Waals surface area contributed by atoms with Crippen LogP contribution in [0.4, 0.5) is 35.9 Å². The minimum Gasteiger partial charge on any atom is -0.495 e. The molecule has 2 fully saturated rings. The maximum Gasteiger partial charge on any atom is 0.406 e. The van der Waals surface area contributed by atoms with Gasteiger partial charge in [0.1, 0.15) is 18.0 Å². The molecule has 3 heterocycles. The van der Waals surface area contributed by atoms with Crippen LogP contribution in [0.2, 0.25) is 0 Å². The average Bonchev–Trinajstić information content (AvgIpc) is 3.65. The summed E-state index contributed by atoms with van der Waals surface area (Å²) in [6.07, 6.45) is -0.0809. The molecular weight excluding hydrogens is 643 g/mol. The van der Waals surface area contributed by atoms with Gasteiger partial charge in [-0.3, -0.25) is 0 Å². The van der Waals surface area contributed by atoms with E-state index in [1.807, 2.05) is 30.3 Å². The van der Waals surface area contributed by atoms with Crippen LogP contribution in [0, 0.1) is 17.3 Å². The molecule has 2 saturated heterocycles. The molecule has 2 aliphatic rings. The number of hydrogen-bond acceptors (Lipinski definition) is 7. The van der Waals surface area contributed by atoms with Gasteiger partial charge < -0.3 is 24.7 Å². The molecule has 1 spiro atoms. The second-order valence-electron chi connectivity index (χ2n) is 12.3. The minimum absolute atomic E-state index is 0.0807. The molecule has 0 atom stereocenters. The number of piperidine rings is 1. The lowest BCUT2D eigenvalue weighted by atomic mass is 9.78. The summed E-state index contributed by atoms with van der Waals surface area (Å²) in [6.45, 7) is 2.38. The SMILES string of the molecule is COc1cc(S(C)(=O)=O)ccc1NCC#Cc1cc2c(Nc3ccc(N=[N+]4CCC5(CCOC5)CC4)cc3)cccc2n1CC(F)(F)F. The standard InChI is InChI=1S/C35H36F3N5O4S/c1-46-33-22-28(48(2,44)45)12-13-31(33)39-17-4-5-27-21-29-30(6-3-7-32(29)43(27)23-35(36,37)38)40-25-8-10-26(11-9-25)41-42-18-14-34(15-19-42)16-20-47-24-34/h3,6-13,21-22,39H,14-20,23-24H2,1-2H3/p+1. The fraction of sp³-hybridized carbons (Fsp3) is 0.371. The van der Waals surface area contributed by atoms with Gasteiger partial charge in [0.25, 0.3) is 0 Å². The van der Waals surface area contributed by atoms with E-state index >= 15 is 0 Å². The molecule has 0 bridgehead atoms. The van der Waals surface area contributed by atoms with Crippen molar-refractivity contribution in [2.24, 2.45) is 10.5 Å². The number of nitrogens with zero attached hydrogens (tertiary/aromatic N) is 3. The van der Waals surface area contributed by atoms with Gasteiger partial charge in [-0.15, -0.1) is 4.70 Å². The highest BCUT2D eigenvalue weighted by molar-refractivity contribution is 7.90. The highest BCUT2D eigenvalue weighted by atomic mass is 32.2. The fourth-order valence-corrected chi connectivity index (χ4v) is 6.85. The maximum absolute atomic E-state index is 13.7. The van der Waals surface area contributed by atoms with Gasteiger partial charge in [0.15, 0.2) is 22.9 Å². The van der Waals surface area contributed by atoms with E-state index in [-0.39, 0.29) is 17.1 Å². The topological polar surface area (TPSA) is 97.0 Å². The molecule has 6 rings (SSSR count). The number of aromatic nitrogens is 1. The zero-order chi connectivity index (χ0) is 33.9. The first-order valence-electron chi connectivity index (χ1n) is 15.6. The Labute approximate surface area is 277 Å². The van der Waals surface area contributed by atoms with Gasteiger partial charge in [0, 0.05) is 53.9 Å². The van der Waals surface area contributed by atoms with Gasteiger partial charge in [-0.05, 0) is 72.1 Å². The highest BCUT2D eigenvalue weighted by Crippen LogP contribution is 2.39. The number of nitrogens with one attached hydrogen (secondary N) is 2. The van der Waals surface area contributed by atoms with Crippen LogP contribution in [0.3, 0.4) is 0 Å². The summed E-state index contributed by atoms with van der Waals surface area (Å²) in [7, 11) is -2.01. The zero-order valence-corrected chi connectivity index (χ0v) is 27.5. The molecular formula is C35H37F3N5O4S+. The van der Waals surface area contributed by atoms with Gasteiger partial charge in [-0.1, -0.05) is 12.0 Å². The molecule has 2 aliphatic heterocycles. The van der Waals surface area contributed by atoms with Gasteiger partial charge in [-0.25, -0.2) is 8.42 Å². The summed E-state index contributed by atoms with van der Waals surface area (Å²) in [5.41, 5.74) is 3.68. The summed E-state index contributed by atoms with van der Waals surface area (Å²) in [5.74, 6) is 6.08. The summed E-state index contributed by atoms with van der Waals surface area (Å²) >= 11 is 0. The predicted octanol–water partition coefficient (Wildman–Crippen LogP) is 7.12. The van der Waals surface area contributed by atoms with E-state index < -0.39 is 22.6 Å². The van der Waals surface area contributed by atoms with Crippen molar-refractivity contribution in [2.45, 2.75) is 36.9 Å². The van der Waals surface area contributed by atoms with Crippen molar-refractivity contribution >= 4 is 43.5 Å². The smallest absolute Gasteiger partial charge is 0.406 e. The molecule has 1 aromatic heterocycles. The second kappa shape index (κ2) is 13.5. The number of benzene rings is 3. The molecule has 9 nitrogen and oxygen atoms in total. The van der Waals surface area contributed by atoms with E-state index in [9.17, 15) is 21.6 Å². The molecule has 252 valence electrons. The fourth-order valence-electron chi connectivity index (χ4n) is 6.21. The van der Waals surface area contributed by atoms with Crippen LogP contribution < -0.4 is 15.4 Å². The third-order valence-electron chi connectivity index (χ3n) is 8.86. The quantitative estimate of drug-likeness (QED) is 0.152. The molecule has 13 heteroatoms. The van der Waals surface area contributed by atoms with Crippen LogP contribution in [0.15, 0.2) is 76.7 Å². The number of alkyl halides is 3. The Hall–Kier alpha value is -4.54. The number of ether oxygens (including phenoxy) is 2. The summed E-state index contributed by atoms with van der Waals surface area (Å²) in [5, 5.41) is 11.8. The third-order valence-corrected chi connectivity index (χ3v) is 9.97. The number of methoxy groups -OCH3 is 1. The molecule has 0 aliphatic carbocycles. The Morgan fingerprint density at radius 2 is 1.81 bits per heavy atom. The summed E-state index contributed by atoms with van der Waals surface area (Å²) in [6, 6.07) is 18.9. The third kappa shape index (κ3) is 7.77. The number of hydrogen-bond donors (Lipinski definition) is 2. The molecule has 48 heavy (non-hydrogen) atoms. The Balaban J connectivity index is 1.19. The Morgan fingerprint density at radius 3 is 2.48 bits per heavy atom. The molecule has 0 radical (unpaired) electrons. The first-order valence-corrected chi connectivity index (χ1v) is 17.5. The molecule has 2 N–H and O–H groups in total. The number of anilines is 3. The number of azo groups is 2. The monoisotopic (exact) mass is 680 g/mol. The molecule has 0 saturated carbocycles. The van der Waals surface area contributed by atoms with Crippen molar-refractivity contribution in [3.63, 3.8) is 0 Å². The van der Waals surface area contributed by atoms with E-state index in [1.54, 1.807) is 24.3 Å². The first kappa shape index (κ1) is 33.4. The summed E-state index contributed by atoms with van der Waals surface area (Å²) in [4.78, 5) is 0.105. The Kier molecular flexibility index (Phi) is 9.40. The largest absolute Gasteiger partial charge is 0.495 e. The van der Waals surface area contributed by atoms with Crippen molar-refractivity contribution in [3.8, 4) is 17.6 Å². The maximum atomic E-state index is 13.7. The van der Waals surface area contributed by atoms with Crippen LogP contribution in [-0.4, -0.2) is 70.1 Å². The molecule has 4 aromatic rings. The normalized spacial score (nSPS) is 18.1. The van der Waals surface area contributed by atoms with Gasteiger partial charge in [-0.2, -0.15) is 13.2 Å². The summed E-state index contributed by atoms with van der Waals surface area (Å²) < 4.78 is 79.1. The van der Waals surface area contributed by atoms with E-state index in [4.69, 9.17) is 14.6 Å². The zero-order valence-electron chi connectivity index (χ0n) is 26.7. The van der Waals surface area contributed by atoms with Crippen LogP contribution in [0.1, 0.15) is 25.0 Å². The van der Waals surface area contributed by atoms with Crippen LogP contribution in [0.25, 0.3) is 10.9 Å². The van der Waals surface area contributed by atoms with Crippen molar-refractivity contribution in [1.82, 2.24) is 4.57 Å². The second-order valence-corrected chi connectivity index (χ2v) is 14.3. The van der Waals surface area contributed by atoms with Gasteiger partial charge in [0.05, 0.1) is 42.1 Å². The van der Waals surface area contributed by atoms with Crippen molar-refractivity contribution in [3.05, 3.63) is 72.4 Å². The lowest BCUT2D eigenvalue weighted by molar-refractivity contribution is -0.604. The lowest BCUT2D eigenvalue weighted by Crippen LogP contribution is -2.34. The van der Waals surface area contributed by atoms with Crippen LogP contribution in [-0.2, 0) is 21.1 Å². The van der Waals surface area contributed by atoms with E-state index in [0.29, 0.717) is 33.4 Å². The van der Waals surface area contributed by atoms with Crippen molar-refractivity contribution < 1.29 is 35.8 Å². The van der Waals surface area contributed by atoms with Gasteiger partial charge in [0.2, 0.25) is 0 Å². The molecule has 0 amide bonds. The molecule has 3 aromatic carbocycles. The predicted molar refractivity (Wildman–Crippen MR) is 178 cm³/mol. The number of halogens is 3. The van der Waals surface area contributed by atoms with E-state index in [2.05, 4.69) is 27.2 Å².